The molecule has 0 aliphatic rings. The van der Waals surface area contributed by atoms with Gasteiger partial charge >= 0.3 is 0 Å². The Labute approximate surface area is 121 Å². The Morgan fingerprint density at radius 1 is 1.30 bits per heavy atom. The van der Waals surface area contributed by atoms with E-state index in [-0.39, 0.29) is 0 Å². The lowest BCUT2D eigenvalue weighted by molar-refractivity contribution is 1.06. The Morgan fingerprint density at radius 2 is 2.20 bits per heavy atom. The quantitative estimate of drug-likeness (QED) is 0.570. The third-order valence-electron chi connectivity index (χ3n) is 2.96. The maximum Gasteiger partial charge on any atom is 0.225 e. The first kappa shape index (κ1) is 12.9. The van der Waals surface area contributed by atoms with E-state index in [1.807, 2.05) is 7.05 Å². The molecule has 0 unspecified atom stereocenters. The zero-order valence-electron chi connectivity index (χ0n) is 11.3. The minimum Gasteiger partial charge on any atom is -0.357 e. The summed E-state index contributed by atoms with van der Waals surface area (Å²) >= 11 is 1.69. The van der Waals surface area contributed by atoms with Gasteiger partial charge in [-0.25, -0.2) is 4.98 Å². The zero-order chi connectivity index (χ0) is 13.9. The van der Waals surface area contributed by atoms with E-state index in [2.05, 4.69) is 56.7 Å². The Hall–Kier alpha value is -2.08. The van der Waals surface area contributed by atoms with Gasteiger partial charge in [0.1, 0.15) is 5.03 Å². The first-order valence-corrected chi connectivity index (χ1v) is 7.32. The van der Waals surface area contributed by atoms with Crippen LogP contribution in [0.3, 0.4) is 0 Å². The molecule has 0 aliphatic carbocycles. The van der Waals surface area contributed by atoms with Gasteiger partial charge in [-0.05, 0) is 12.5 Å². The molecule has 0 saturated heterocycles. The standard InChI is InChI=1S/C14H15N5S/c1-9-4-3-5-10(6-9)8-20-13-11-7-16-19-12(11)17-14(15-2)18-13/h3-7H,8H2,1-2H3,(H2,15,16,17,18,19). The summed E-state index contributed by atoms with van der Waals surface area (Å²) in [7, 11) is 1.81. The molecule has 0 bridgehead atoms. The molecule has 102 valence electrons. The largest absolute Gasteiger partial charge is 0.357 e. The maximum absolute atomic E-state index is 4.51. The molecule has 0 fully saturated rings. The van der Waals surface area contributed by atoms with Crippen LogP contribution in [0.2, 0.25) is 0 Å². The van der Waals surface area contributed by atoms with Crippen molar-refractivity contribution in [2.45, 2.75) is 17.7 Å². The summed E-state index contributed by atoms with van der Waals surface area (Å²) in [5.41, 5.74) is 3.32. The van der Waals surface area contributed by atoms with E-state index < -0.39 is 0 Å². The number of aromatic amines is 1. The highest BCUT2D eigenvalue weighted by Gasteiger charge is 2.09. The second kappa shape index (κ2) is 5.50. The molecule has 2 aromatic heterocycles. The number of rotatable bonds is 4. The van der Waals surface area contributed by atoms with Crippen LogP contribution < -0.4 is 5.32 Å². The van der Waals surface area contributed by atoms with E-state index in [0.717, 1.165) is 21.8 Å². The van der Waals surface area contributed by atoms with Gasteiger partial charge in [0.05, 0.1) is 11.6 Å². The van der Waals surface area contributed by atoms with Gasteiger partial charge in [-0.15, -0.1) is 11.8 Å². The Kier molecular flexibility index (Phi) is 3.56. The highest BCUT2D eigenvalue weighted by molar-refractivity contribution is 7.98. The van der Waals surface area contributed by atoms with Gasteiger partial charge in [0.25, 0.3) is 0 Å². The van der Waals surface area contributed by atoms with E-state index in [1.54, 1.807) is 18.0 Å². The topological polar surface area (TPSA) is 66.5 Å². The number of aromatic nitrogens is 4. The van der Waals surface area contributed by atoms with Crippen LogP contribution in [0.4, 0.5) is 5.95 Å². The lowest BCUT2D eigenvalue weighted by atomic mass is 10.2. The molecule has 0 saturated carbocycles. The van der Waals surface area contributed by atoms with E-state index in [4.69, 9.17) is 0 Å². The molecule has 2 heterocycles. The number of H-pyrrole nitrogens is 1. The summed E-state index contributed by atoms with van der Waals surface area (Å²) in [6.45, 7) is 2.10. The first-order valence-electron chi connectivity index (χ1n) is 6.33. The van der Waals surface area contributed by atoms with Crippen molar-refractivity contribution in [3.63, 3.8) is 0 Å². The number of nitrogens with zero attached hydrogens (tertiary/aromatic N) is 3. The van der Waals surface area contributed by atoms with Crippen molar-refractivity contribution >= 4 is 28.7 Å². The minimum absolute atomic E-state index is 0.605. The number of anilines is 1. The predicted octanol–water partition coefficient (Wildman–Crippen LogP) is 3.00. The summed E-state index contributed by atoms with van der Waals surface area (Å²) in [5, 5.41) is 11.8. The Morgan fingerprint density at radius 3 is 3.00 bits per heavy atom. The molecule has 0 radical (unpaired) electrons. The fourth-order valence-corrected chi connectivity index (χ4v) is 2.92. The van der Waals surface area contributed by atoms with Gasteiger partial charge in [0, 0.05) is 12.8 Å². The fourth-order valence-electron chi connectivity index (χ4n) is 1.98. The van der Waals surface area contributed by atoms with E-state index >= 15 is 0 Å². The number of thioether (sulfide) groups is 1. The average Bonchev–Trinajstić information content (AvgIpc) is 2.93. The second-order valence-electron chi connectivity index (χ2n) is 4.51. The van der Waals surface area contributed by atoms with Crippen molar-refractivity contribution in [3.8, 4) is 0 Å². The number of aryl methyl sites for hydroxylation is 1. The van der Waals surface area contributed by atoms with Gasteiger partial charge in [0.2, 0.25) is 5.95 Å². The fraction of sp³-hybridized carbons (Fsp3) is 0.214. The highest BCUT2D eigenvalue weighted by atomic mass is 32.2. The smallest absolute Gasteiger partial charge is 0.225 e. The van der Waals surface area contributed by atoms with Crippen LogP contribution in [0, 0.1) is 6.92 Å². The highest BCUT2D eigenvalue weighted by Crippen LogP contribution is 2.28. The molecule has 0 amide bonds. The normalized spacial score (nSPS) is 10.9. The third kappa shape index (κ3) is 2.60. The molecule has 0 spiro atoms. The average molecular weight is 285 g/mol. The number of hydrogen-bond acceptors (Lipinski definition) is 5. The molecule has 5 nitrogen and oxygen atoms in total. The van der Waals surface area contributed by atoms with Crippen molar-refractivity contribution in [2.75, 3.05) is 12.4 Å². The molecule has 6 heteroatoms. The molecular weight excluding hydrogens is 270 g/mol. The van der Waals surface area contributed by atoms with Crippen molar-refractivity contribution in [1.82, 2.24) is 20.2 Å². The van der Waals surface area contributed by atoms with Crippen LogP contribution in [0.1, 0.15) is 11.1 Å². The molecule has 0 aliphatic heterocycles. The summed E-state index contributed by atoms with van der Waals surface area (Å²) in [4.78, 5) is 8.84. The molecule has 2 N–H and O–H groups in total. The van der Waals surface area contributed by atoms with Gasteiger partial charge in [-0.3, -0.25) is 5.10 Å². The number of fused-ring (bicyclic) bond motifs is 1. The van der Waals surface area contributed by atoms with Gasteiger partial charge in [0.15, 0.2) is 5.65 Å². The lowest BCUT2D eigenvalue weighted by Gasteiger charge is -2.05. The van der Waals surface area contributed by atoms with Crippen LogP contribution in [-0.2, 0) is 5.75 Å². The van der Waals surface area contributed by atoms with Crippen LogP contribution in [0.5, 0.6) is 0 Å². The van der Waals surface area contributed by atoms with Gasteiger partial charge in [-0.2, -0.15) is 10.1 Å². The van der Waals surface area contributed by atoms with E-state index in [1.165, 1.54) is 11.1 Å². The van der Waals surface area contributed by atoms with Crippen molar-refractivity contribution < 1.29 is 0 Å². The van der Waals surface area contributed by atoms with Crippen LogP contribution >= 0.6 is 11.8 Å². The zero-order valence-corrected chi connectivity index (χ0v) is 12.2. The molecule has 1 aromatic carbocycles. The first-order chi connectivity index (χ1) is 9.76. The van der Waals surface area contributed by atoms with E-state index in [0.29, 0.717) is 5.95 Å². The van der Waals surface area contributed by atoms with Crippen LogP contribution in [0.25, 0.3) is 11.0 Å². The molecule has 0 atom stereocenters. The number of hydrogen-bond donors (Lipinski definition) is 2. The SMILES string of the molecule is CNc1nc(SCc2cccc(C)c2)c2cn[nH]c2n1. The Balaban J connectivity index is 1.88. The summed E-state index contributed by atoms with van der Waals surface area (Å²) in [6.07, 6.45) is 1.77. The minimum atomic E-state index is 0.605. The van der Waals surface area contributed by atoms with Crippen LogP contribution in [-0.4, -0.2) is 27.2 Å². The molecular formula is C14H15N5S. The van der Waals surface area contributed by atoms with Crippen LogP contribution in [0.15, 0.2) is 35.5 Å². The summed E-state index contributed by atoms with van der Waals surface area (Å²) in [5.74, 6) is 1.48. The molecule has 20 heavy (non-hydrogen) atoms. The van der Waals surface area contributed by atoms with Crippen molar-refractivity contribution in [2.24, 2.45) is 0 Å². The summed E-state index contributed by atoms with van der Waals surface area (Å²) < 4.78 is 0. The molecule has 3 rings (SSSR count). The maximum atomic E-state index is 4.51. The van der Waals surface area contributed by atoms with Gasteiger partial charge < -0.3 is 5.32 Å². The summed E-state index contributed by atoms with van der Waals surface area (Å²) in [6, 6.07) is 8.51. The second-order valence-corrected chi connectivity index (χ2v) is 5.48. The number of nitrogens with one attached hydrogen (secondary N) is 2. The van der Waals surface area contributed by atoms with Crippen molar-refractivity contribution in [1.29, 1.82) is 0 Å². The van der Waals surface area contributed by atoms with Crippen molar-refractivity contribution in [3.05, 3.63) is 41.6 Å². The number of benzene rings is 1. The third-order valence-corrected chi connectivity index (χ3v) is 4.02. The molecule has 3 aromatic rings. The Bertz CT molecular complexity index is 737. The lowest BCUT2D eigenvalue weighted by Crippen LogP contribution is -1.98. The van der Waals surface area contributed by atoms with Gasteiger partial charge in [-0.1, -0.05) is 29.8 Å². The predicted molar refractivity (Wildman–Crippen MR) is 82.0 cm³/mol. The monoisotopic (exact) mass is 285 g/mol. The van der Waals surface area contributed by atoms with E-state index in [9.17, 15) is 0 Å².